The Bertz CT molecular complexity index is 429. The van der Waals surface area contributed by atoms with Crippen LogP contribution in [-0.4, -0.2) is 9.66 Å². The topological polar surface area (TPSA) is 43.8 Å². The van der Waals surface area contributed by atoms with Gasteiger partial charge in [0.25, 0.3) is 0 Å². The molecule has 13 heavy (non-hydrogen) atoms. The summed E-state index contributed by atoms with van der Waals surface area (Å²) in [6, 6.07) is 2.01. The monoisotopic (exact) mass is 175 g/mol. The number of fused-ring (bicyclic) bond motifs is 1. The first-order valence-electron chi connectivity index (χ1n) is 4.40. The standard InChI is InChI=1S/C10H13N3/c1-7(2)10-9-3-4-12-5-8(9)6-13(10)11/h3-7H,11H2,1-2H3. The summed E-state index contributed by atoms with van der Waals surface area (Å²) >= 11 is 0. The molecule has 0 amide bonds. The van der Waals surface area contributed by atoms with Crippen LogP contribution in [0.4, 0.5) is 0 Å². The predicted octanol–water partition coefficient (Wildman–Crippen LogP) is 1.87. The van der Waals surface area contributed by atoms with Crippen LogP contribution in [0.3, 0.4) is 0 Å². The van der Waals surface area contributed by atoms with E-state index in [-0.39, 0.29) is 0 Å². The molecule has 0 aliphatic rings. The minimum atomic E-state index is 0.435. The molecule has 2 heterocycles. The maximum atomic E-state index is 5.84. The Hall–Kier alpha value is -1.51. The lowest BCUT2D eigenvalue weighted by atomic mass is 10.1. The molecule has 0 aliphatic heterocycles. The lowest BCUT2D eigenvalue weighted by Crippen LogP contribution is -2.11. The lowest BCUT2D eigenvalue weighted by Gasteiger charge is -2.06. The molecule has 0 radical (unpaired) electrons. The van der Waals surface area contributed by atoms with Crippen LogP contribution in [0.2, 0.25) is 0 Å². The van der Waals surface area contributed by atoms with Crippen LogP contribution < -0.4 is 5.84 Å². The molecule has 3 nitrogen and oxygen atoms in total. The predicted molar refractivity (Wildman–Crippen MR) is 54.0 cm³/mol. The number of hydrogen-bond donors (Lipinski definition) is 1. The molecule has 0 fully saturated rings. The van der Waals surface area contributed by atoms with E-state index in [4.69, 9.17) is 5.84 Å². The maximum absolute atomic E-state index is 5.84. The highest BCUT2D eigenvalue weighted by atomic mass is 15.3. The van der Waals surface area contributed by atoms with Crippen molar-refractivity contribution in [3.05, 3.63) is 30.4 Å². The number of nitrogens with two attached hydrogens (primary N) is 1. The second-order valence-electron chi connectivity index (χ2n) is 3.54. The van der Waals surface area contributed by atoms with Gasteiger partial charge in [-0.25, -0.2) is 0 Å². The van der Waals surface area contributed by atoms with Gasteiger partial charge in [0.2, 0.25) is 0 Å². The zero-order valence-corrected chi connectivity index (χ0v) is 7.86. The van der Waals surface area contributed by atoms with Crippen LogP contribution in [0, 0.1) is 0 Å². The number of aromatic nitrogens is 2. The molecule has 2 rings (SSSR count). The lowest BCUT2D eigenvalue weighted by molar-refractivity contribution is 0.777. The first-order valence-corrected chi connectivity index (χ1v) is 4.40. The van der Waals surface area contributed by atoms with Crippen LogP contribution in [-0.2, 0) is 0 Å². The molecule has 3 heteroatoms. The first-order chi connectivity index (χ1) is 6.20. The van der Waals surface area contributed by atoms with Gasteiger partial charge < -0.3 is 5.84 Å². The zero-order valence-electron chi connectivity index (χ0n) is 7.86. The summed E-state index contributed by atoms with van der Waals surface area (Å²) < 4.78 is 1.69. The molecular formula is C10H13N3. The molecule has 0 aromatic carbocycles. The molecule has 0 aliphatic carbocycles. The fraction of sp³-hybridized carbons (Fsp3) is 0.300. The van der Waals surface area contributed by atoms with E-state index in [9.17, 15) is 0 Å². The number of pyridine rings is 1. The van der Waals surface area contributed by atoms with E-state index >= 15 is 0 Å². The summed E-state index contributed by atoms with van der Waals surface area (Å²) in [7, 11) is 0. The van der Waals surface area contributed by atoms with Crippen LogP contribution >= 0.6 is 0 Å². The van der Waals surface area contributed by atoms with Gasteiger partial charge in [-0.15, -0.1) is 0 Å². The van der Waals surface area contributed by atoms with E-state index in [1.54, 1.807) is 10.9 Å². The average Bonchev–Trinajstić information content (AvgIpc) is 2.39. The highest BCUT2D eigenvalue weighted by Gasteiger charge is 2.10. The van der Waals surface area contributed by atoms with Crippen molar-refractivity contribution in [2.24, 2.45) is 0 Å². The smallest absolute Gasteiger partial charge is 0.0496 e. The summed E-state index contributed by atoms with van der Waals surface area (Å²) in [5.41, 5.74) is 1.16. The van der Waals surface area contributed by atoms with Crippen molar-refractivity contribution < 1.29 is 0 Å². The van der Waals surface area contributed by atoms with Crippen molar-refractivity contribution in [1.82, 2.24) is 9.66 Å². The summed E-state index contributed by atoms with van der Waals surface area (Å²) in [6.07, 6.45) is 5.55. The number of nitrogen functional groups attached to an aromatic ring is 1. The third kappa shape index (κ3) is 1.16. The Morgan fingerprint density at radius 2 is 2.23 bits per heavy atom. The van der Waals surface area contributed by atoms with E-state index in [0.29, 0.717) is 5.92 Å². The van der Waals surface area contributed by atoms with Crippen LogP contribution in [0.5, 0.6) is 0 Å². The Morgan fingerprint density at radius 1 is 1.46 bits per heavy atom. The van der Waals surface area contributed by atoms with Gasteiger partial charge in [0.05, 0.1) is 0 Å². The zero-order chi connectivity index (χ0) is 9.42. The molecule has 0 bridgehead atoms. The second kappa shape index (κ2) is 2.76. The van der Waals surface area contributed by atoms with E-state index in [1.165, 1.54) is 5.39 Å². The molecule has 0 saturated carbocycles. The first kappa shape index (κ1) is 8.10. The van der Waals surface area contributed by atoms with Gasteiger partial charge in [0, 0.05) is 35.1 Å². The largest absolute Gasteiger partial charge is 0.339 e. The van der Waals surface area contributed by atoms with Crippen LogP contribution in [0.25, 0.3) is 10.8 Å². The summed E-state index contributed by atoms with van der Waals surface area (Å²) in [5.74, 6) is 6.28. The van der Waals surface area contributed by atoms with Crippen molar-refractivity contribution in [2.75, 3.05) is 5.84 Å². The van der Waals surface area contributed by atoms with Gasteiger partial charge in [-0.1, -0.05) is 13.8 Å². The molecule has 0 atom stereocenters. The normalized spacial score (nSPS) is 11.3. The fourth-order valence-electron chi connectivity index (χ4n) is 1.71. The van der Waals surface area contributed by atoms with Gasteiger partial charge in [0.1, 0.15) is 0 Å². The number of hydrogen-bond acceptors (Lipinski definition) is 2. The molecule has 0 saturated heterocycles. The van der Waals surface area contributed by atoms with Crippen LogP contribution in [0.1, 0.15) is 25.5 Å². The summed E-state index contributed by atoms with van der Waals surface area (Å²) in [4.78, 5) is 4.06. The minimum absolute atomic E-state index is 0.435. The second-order valence-corrected chi connectivity index (χ2v) is 3.54. The van der Waals surface area contributed by atoms with Crippen LogP contribution in [0.15, 0.2) is 24.7 Å². The Labute approximate surface area is 77.2 Å². The third-order valence-electron chi connectivity index (χ3n) is 2.23. The summed E-state index contributed by atoms with van der Waals surface area (Å²) in [6.45, 7) is 4.27. The van der Waals surface area contributed by atoms with Gasteiger partial charge in [0.15, 0.2) is 0 Å². The Morgan fingerprint density at radius 3 is 2.92 bits per heavy atom. The fourth-order valence-corrected chi connectivity index (χ4v) is 1.71. The molecule has 0 spiro atoms. The highest BCUT2D eigenvalue weighted by molar-refractivity contribution is 5.85. The minimum Gasteiger partial charge on any atom is -0.339 e. The molecule has 0 unspecified atom stereocenters. The molecule has 2 N–H and O–H groups in total. The average molecular weight is 175 g/mol. The van der Waals surface area contributed by atoms with E-state index in [0.717, 1.165) is 11.1 Å². The quantitative estimate of drug-likeness (QED) is 0.672. The van der Waals surface area contributed by atoms with Gasteiger partial charge >= 0.3 is 0 Å². The van der Waals surface area contributed by atoms with Crippen molar-refractivity contribution in [1.29, 1.82) is 0 Å². The molecule has 2 aromatic rings. The van der Waals surface area contributed by atoms with E-state index < -0.39 is 0 Å². The van der Waals surface area contributed by atoms with Crippen molar-refractivity contribution in [3.63, 3.8) is 0 Å². The SMILES string of the molecule is CC(C)c1c2ccncc2cn1N. The Balaban J connectivity index is 2.78. The number of nitrogens with zero attached hydrogens (tertiary/aromatic N) is 2. The Kier molecular flexibility index (Phi) is 1.72. The number of rotatable bonds is 1. The van der Waals surface area contributed by atoms with E-state index in [1.807, 2.05) is 18.5 Å². The highest BCUT2D eigenvalue weighted by Crippen LogP contribution is 2.24. The van der Waals surface area contributed by atoms with Gasteiger partial charge in [-0.3, -0.25) is 9.66 Å². The molecule has 2 aromatic heterocycles. The molecular weight excluding hydrogens is 162 g/mol. The van der Waals surface area contributed by atoms with Crippen molar-refractivity contribution in [2.45, 2.75) is 19.8 Å². The summed E-state index contributed by atoms with van der Waals surface area (Å²) in [5, 5.41) is 2.31. The van der Waals surface area contributed by atoms with Gasteiger partial charge in [-0.2, -0.15) is 0 Å². The maximum Gasteiger partial charge on any atom is 0.0496 e. The van der Waals surface area contributed by atoms with Gasteiger partial charge in [-0.05, 0) is 12.0 Å². The van der Waals surface area contributed by atoms with Crippen molar-refractivity contribution >= 4 is 10.8 Å². The van der Waals surface area contributed by atoms with Crippen molar-refractivity contribution in [3.8, 4) is 0 Å². The molecule has 68 valence electrons. The third-order valence-corrected chi connectivity index (χ3v) is 2.23. The van der Waals surface area contributed by atoms with E-state index in [2.05, 4.69) is 18.8 Å².